The number of nitro benzene ring substituents is 1. The van der Waals surface area contributed by atoms with E-state index in [-0.39, 0.29) is 17.3 Å². The fraction of sp³-hybridized carbons (Fsp3) is 0.267. The maximum absolute atomic E-state index is 12.1. The van der Waals surface area contributed by atoms with Crippen LogP contribution in [0.3, 0.4) is 0 Å². The molecule has 1 N–H and O–H groups in total. The van der Waals surface area contributed by atoms with Gasteiger partial charge in [0.1, 0.15) is 0 Å². The summed E-state index contributed by atoms with van der Waals surface area (Å²) in [4.78, 5) is 22.4. The van der Waals surface area contributed by atoms with Crippen molar-refractivity contribution >= 4 is 52.1 Å². The molecule has 0 fully saturated rings. The Morgan fingerprint density at radius 1 is 1.32 bits per heavy atom. The molecule has 1 amide bonds. The lowest BCUT2D eigenvalue weighted by molar-refractivity contribution is -0.384. The van der Waals surface area contributed by atoms with Crippen molar-refractivity contribution in [3.63, 3.8) is 0 Å². The van der Waals surface area contributed by atoms with E-state index >= 15 is 0 Å². The third kappa shape index (κ3) is 6.15. The van der Waals surface area contributed by atoms with Crippen molar-refractivity contribution in [3.05, 3.63) is 46.0 Å². The Bertz CT molecular complexity index is 807. The third-order valence-corrected chi connectivity index (χ3v) is 6.28. The number of aromatic nitrogens is 2. The van der Waals surface area contributed by atoms with Gasteiger partial charge in [0.15, 0.2) is 8.68 Å². The number of anilines is 1. The lowest BCUT2D eigenvalue weighted by atomic mass is 10.2. The molecule has 1 heterocycles. The first kappa shape index (κ1) is 19.4. The highest BCUT2D eigenvalue weighted by molar-refractivity contribution is 8.03. The maximum Gasteiger partial charge on any atom is 0.271 e. The molecule has 10 heteroatoms. The largest absolute Gasteiger partial charge is 0.325 e. The van der Waals surface area contributed by atoms with Crippen molar-refractivity contribution in [1.29, 1.82) is 0 Å². The summed E-state index contributed by atoms with van der Waals surface area (Å²) in [6.45, 7) is 7.56. The molecule has 7 nitrogen and oxygen atoms in total. The fourth-order valence-corrected chi connectivity index (χ4v) is 4.33. The number of hydrogen-bond acceptors (Lipinski definition) is 8. The number of carbonyl (C=O) groups excluding carboxylic acids is 1. The molecule has 0 saturated carbocycles. The van der Waals surface area contributed by atoms with Crippen molar-refractivity contribution in [1.82, 2.24) is 10.2 Å². The molecule has 1 aromatic heterocycles. The Kier molecular flexibility index (Phi) is 6.97. The van der Waals surface area contributed by atoms with Gasteiger partial charge >= 0.3 is 0 Å². The number of rotatable bonds is 8. The summed E-state index contributed by atoms with van der Waals surface area (Å²) in [5.74, 6) is 0.688. The van der Waals surface area contributed by atoms with Crippen LogP contribution in [-0.4, -0.2) is 32.5 Å². The summed E-state index contributed by atoms with van der Waals surface area (Å²) in [6.07, 6.45) is 0. The van der Waals surface area contributed by atoms with Crippen molar-refractivity contribution in [2.24, 2.45) is 0 Å². The molecule has 2 aromatic rings. The van der Waals surface area contributed by atoms with E-state index in [0.717, 1.165) is 21.2 Å². The van der Waals surface area contributed by atoms with E-state index in [0.29, 0.717) is 10.0 Å². The van der Waals surface area contributed by atoms with E-state index in [4.69, 9.17) is 0 Å². The minimum Gasteiger partial charge on any atom is -0.325 e. The van der Waals surface area contributed by atoms with Crippen LogP contribution in [0, 0.1) is 17.0 Å². The molecular formula is C15H16N4O3S3. The van der Waals surface area contributed by atoms with Gasteiger partial charge < -0.3 is 5.32 Å². The standard InChI is InChI=1S/C15H16N4O3S3/c1-9(2)7-23-14-17-18-15(25-14)24-8-13(20)16-12-6-11(19(21)22)5-4-10(12)3/h4-6H,1,7-8H2,2-3H3,(H,16,20). The van der Waals surface area contributed by atoms with Crippen LogP contribution in [-0.2, 0) is 4.79 Å². The van der Waals surface area contributed by atoms with Crippen LogP contribution in [0.2, 0.25) is 0 Å². The molecule has 132 valence electrons. The molecule has 0 saturated heterocycles. The van der Waals surface area contributed by atoms with Crippen molar-refractivity contribution in [2.45, 2.75) is 22.5 Å². The Morgan fingerprint density at radius 2 is 1.96 bits per heavy atom. The summed E-state index contributed by atoms with van der Waals surface area (Å²) in [6, 6.07) is 4.37. The van der Waals surface area contributed by atoms with Crippen molar-refractivity contribution in [3.8, 4) is 0 Å². The molecule has 2 rings (SSSR count). The molecule has 0 bridgehead atoms. The van der Waals surface area contributed by atoms with Gasteiger partial charge in [-0.15, -0.1) is 10.2 Å². The smallest absolute Gasteiger partial charge is 0.271 e. The molecular weight excluding hydrogens is 380 g/mol. The second-order valence-electron chi connectivity index (χ2n) is 5.17. The molecule has 0 atom stereocenters. The van der Waals surface area contributed by atoms with E-state index in [1.54, 1.807) is 24.8 Å². The number of non-ortho nitro benzene ring substituents is 1. The summed E-state index contributed by atoms with van der Waals surface area (Å²) in [5.41, 5.74) is 2.20. The number of aryl methyl sites for hydroxylation is 1. The molecule has 0 aliphatic heterocycles. The predicted molar refractivity (Wildman–Crippen MR) is 103 cm³/mol. The minimum atomic E-state index is -0.491. The van der Waals surface area contributed by atoms with Gasteiger partial charge in [-0.1, -0.05) is 53.1 Å². The van der Waals surface area contributed by atoms with Crippen LogP contribution in [0.25, 0.3) is 0 Å². The average molecular weight is 397 g/mol. The normalized spacial score (nSPS) is 10.5. The van der Waals surface area contributed by atoms with Crippen LogP contribution in [0.1, 0.15) is 12.5 Å². The fourth-order valence-electron chi connectivity index (χ4n) is 1.67. The Labute approximate surface area is 157 Å². The van der Waals surface area contributed by atoms with Gasteiger partial charge in [0.2, 0.25) is 5.91 Å². The second-order valence-corrected chi connectivity index (χ2v) is 8.60. The number of nitrogens with zero attached hydrogens (tertiary/aromatic N) is 3. The van der Waals surface area contributed by atoms with Gasteiger partial charge in [-0.2, -0.15) is 0 Å². The Hall–Kier alpha value is -1.91. The molecule has 0 spiro atoms. The van der Waals surface area contributed by atoms with E-state index in [1.165, 1.54) is 35.2 Å². The molecule has 0 radical (unpaired) electrons. The Morgan fingerprint density at radius 3 is 2.56 bits per heavy atom. The molecule has 25 heavy (non-hydrogen) atoms. The molecule has 0 aliphatic rings. The van der Waals surface area contributed by atoms with Crippen LogP contribution in [0.15, 0.2) is 39.0 Å². The third-order valence-electron chi connectivity index (χ3n) is 2.86. The van der Waals surface area contributed by atoms with Gasteiger partial charge in [-0.05, 0) is 19.4 Å². The number of carbonyl (C=O) groups is 1. The van der Waals surface area contributed by atoms with E-state index in [2.05, 4.69) is 22.1 Å². The quantitative estimate of drug-likeness (QED) is 0.310. The van der Waals surface area contributed by atoms with Gasteiger partial charge in [-0.25, -0.2) is 0 Å². The number of amides is 1. The predicted octanol–water partition coefficient (Wildman–Crippen LogP) is 4.15. The molecule has 0 aliphatic carbocycles. The minimum absolute atomic E-state index is 0.0585. The van der Waals surface area contributed by atoms with E-state index < -0.39 is 4.92 Å². The van der Waals surface area contributed by atoms with Gasteiger partial charge in [0, 0.05) is 17.9 Å². The monoisotopic (exact) mass is 396 g/mol. The van der Waals surface area contributed by atoms with Crippen LogP contribution in [0.4, 0.5) is 11.4 Å². The Balaban J connectivity index is 1.90. The molecule has 0 unspecified atom stereocenters. The number of nitrogens with one attached hydrogen (secondary N) is 1. The first-order valence-electron chi connectivity index (χ1n) is 7.13. The van der Waals surface area contributed by atoms with E-state index in [1.807, 2.05) is 6.92 Å². The summed E-state index contributed by atoms with van der Waals surface area (Å²) >= 11 is 4.27. The topological polar surface area (TPSA) is 98.0 Å². The highest BCUT2D eigenvalue weighted by atomic mass is 32.2. The van der Waals surface area contributed by atoms with Crippen LogP contribution in [0.5, 0.6) is 0 Å². The number of thioether (sulfide) groups is 2. The van der Waals surface area contributed by atoms with Crippen molar-refractivity contribution in [2.75, 3.05) is 16.8 Å². The lowest BCUT2D eigenvalue weighted by Crippen LogP contribution is -2.15. The SMILES string of the molecule is C=C(C)CSc1nnc(SCC(=O)Nc2cc([N+](=O)[O-])ccc2C)s1. The van der Waals surface area contributed by atoms with Gasteiger partial charge in [-0.3, -0.25) is 14.9 Å². The number of benzene rings is 1. The highest BCUT2D eigenvalue weighted by Gasteiger charge is 2.13. The number of nitro groups is 1. The lowest BCUT2D eigenvalue weighted by Gasteiger charge is -2.07. The summed E-state index contributed by atoms with van der Waals surface area (Å²) in [7, 11) is 0. The average Bonchev–Trinajstić information content (AvgIpc) is 3.01. The summed E-state index contributed by atoms with van der Waals surface area (Å²) < 4.78 is 1.54. The first-order chi connectivity index (χ1) is 11.8. The zero-order chi connectivity index (χ0) is 18.4. The summed E-state index contributed by atoms with van der Waals surface area (Å²) in [5, 5.41) is 21.6. The first-order valence-corrected chi connectivity index (χ1v) is 9.92. The maximum atomic E-state index is 12.1. The second kappa shape index (κ2) is 8.97. The van der Waals surface area contributed by atoms with Gasteiger partial charge in [0.05, 0.1) is 16.4 Å². The van der Waals surface area contributed by atoms with E-state index in [9.17, 15) is 14.9 Å². The van der Waals surface area contributed by atoms with Crippen molar-refractivity contribution < 1.29 is 9.72 Å². The molecule has 1 aromatic carbocycles. The zero-order valence-corrected chi connectivity index (χ0v) is 16.1. The van der Waals surface area contributed by atoms with Crippen LogP contribution < -0.4 is 5.32 Å². The number of hydrogen-bond donors (Lipinski definition) is 1. The van der Waals surface area contributed by atoms with Gasteiger partial charge in [0.25, 0.3) is 5.69 Å². The van der Waals surface area contributed by atoms with Crippen LogP contribution >= 0.6 is 34.9 Å². The zero-order valence-electron chi connectivity index (χ0n) is 13.6. The highest BCUT2D eigenvalue weighted by Crippen LogP contribution is 2.29.